The van der Waals surface area contributed by atoms with E-state index in [1.807, 2.05) is 0 Å². The van der Waals surface area contributed by atoms with Gasteiger partial charge < -0.3 is 9.30 Å². The van der Waals surface area contributed by atoms with Crippen molar-refractivity contribution in [3.63, 3.8) is 0 Å². The van der Waals surface area contributed by atoms with Crippen LogP contribution in [0.2, 0.25) is 0 Å². The third-order valence-corrected chi connectivity index (χ3v) is 7.48. The fraction of sp³-hybridized carbons (Fsp3) is 0.481. The van der Waals surface area contributed by atoms with Gasteiger partial charge in [-0.25, -0.2) is 9.78 Å². The molecular weight excluding hydrogens is 398 g/mol. The number of nitrogens with zero attached hydrogens (tertiary/aromatic N) is 3. The van der Waals surface area contributed by atoms with Crippen LogP contribution in [0.25, 0.3) is 11.0 Å². The van der Waals surface area contributed by atoms with Crippen molar-refractivity contribution in [2.24, 2.45) is 0 Å². The van der Waals surface area contributed by atoms with Crippen molar-refractivity contribution < 1.29 is 9.53 Å². The summed E-state index contributed by atoms with van der Waals surface area (Å²) in [5, 5.41) is 0. The molecule has 5 rings (SSSR count). The second-order valence-electron chi connectivity index (χ2n) is 9.42. The van der Waals surface area contributed by atoms with E-state index in [0.29, 0.717) is 6.04 Å². The number of aryl methyl sites for hydroxylation is 1. The summed E-state index contributed by atoms with van der Waals surface area (Å²) in [5.74, 6) is 1.36. The van der Waals surface area contributed by atoms with E-state index in [0.717, 1.165) is 29.9 Å². The SMILES string of the molecule is COC(=O)N1c2ccc3c(nc(C(C)c4ccccc4)n3C3CCCCC3)c2CC[C@@H]1C. The highest BCUT2D eigenvalue weighted by Gasteiger charge is 2.33. The maximum Gasteiger partial charge on any atom is 0.414 e. The van der Waals surface area contributed by atoms with Gasteiger partial charge >= 0.3 is 6.09 Å². The molecule has 1 saturated carbocycles. The van der Waals surface area contributed by atoms with E-state index >= 15 is 0 Å². The molecule has 2 aromatic carbocycles. The molecule has 5 heteroatoms. The van der Waals surface area contributed by atoms with Gasteiger partial charge in [-0.3, -0.25) is 4.90 Å². The van der Waals surface area contributed by atoms with E-state index in [4.69, 9.17) is 9.72 Å². The van der Waals surface area contributed by atoms with Gasteiger partial charge in [0.25, 0.3) is 0 Å². The number of aromatic nitrogens is 2. The van der Waals surface area contributed by atoms with Crippen molar-refractivity contribution in [2.45, 2.75) is 76.8 Å². The van der Waals surface area contributed by atoms with E-state index in [9.17, 15) is 4.79 Å². The summed E-state index contributed by atoms with van der Waals surface area (Å²) in [6.45, 7) is 4.36. The topological polar surface area (TPSA) is 47.4 Å². The largest absolute Gasteiger partial charge is 0.452 e. The van der Waals surface area contributed by atoms with Gasteiger partial charge in [0.1, 0.15) is 5.82 Å². The summed E-state index contributed by atoms with van der Waals surface area (Å²) >= 11 is 0. The van der Waals surface area contributed by atoms with Crippen molar-refractivity contribution in [1.29, 1.82) is 0 Å². The first kappa shape index (κ1) is 21.0. The van der Waals surface area contributed by atoms with Crippen LogP contribution < -0.4 is 4.90 Å². The molecular formula is C27H33N3O2. The normalized spacial score (nSPS) is 20.2. The zero-order chi connectivity index (χ0) is 22.2. The molecule has 32 heavy (non-hydrogen) atoms. The van der Waals surface area contributed by atoms with Crippen LogP contribution in [0.1, 0.15) is 81.3 Å². The smallest absolute Gasteiger partial charge is 0.414 e. The molecule has 0 bridgehead atoms. The average molecular weight is 432 g/mol. The van der Waals surface area contributed by atoms with Crippen LogP contribution in [0.4, 0.5) is 10.5 Å². The molecule has 2 atom stereocenters. The Kier molecular flexibility index (Phi) is 5.66. The van der Waals surface area contributed by atoms with Crippen LogP contribution >= 0.6 is 0 Å². The lowest BCUT2D eigenvalue weighted by molar-refractivity contribution is 0.175. The number of carbonyl (C=O) groups is 1. The number of hydrogen-bond donors (Lipinski definition) is 0. The second-order valence-corrected chi connectivity index (χ2v) is 9.42. The molecule has 168 valence electrons. The number of fused-ring (bicyclic) bond motifs is 3. The maximum atomic E-state index is 12.6. The highest BCUT2D eigenvalue weighted by Crippen LogP contribution is 2.41. The quantitative estimate of drug-likeness (QED) is 0.469. The lowest BCUT2D eigenvalue weighted by Gasteiger charge is -2.34. The molecule has 1 unspecified atom stereocenters. The van der Waals surface area contributed by atoms with Crippen molar-refractivity contribution >= 4 is 22.8 Å². The number of carbonyl (C=O) groups excluding carboxylic acids is 1. The van der Waals surface area contributed by atoms with Gasteiger partial charge in [0, 0.05) is 23.6 Å². The summed E-state index contributed by atoms with van der Waals surface area (Å²) in [7, 11) is 1.46. The first-order valence-corrected chi connectivity index (χ1v) is 12.1. The Labute approximate surface area is 190 Å². The minimum atomic E-state index is -0.289. The number of rotatable bonds is 3. The Morgan fingerprint density at radius 3 is 2.53 bits per heavy atom. The predicted molar refractivity (Wildman–Crippen MR) is 128 cm³/mol. The fourth-order valence-electron chi connectivity index (χ4n) is 5.71. The van der Waals surface area contributed by atoms with Crippen LogP contribution in [0.15, 0.2) is 42.5 Å². The highest BCUT2D eigenvalue weighted by molar-refractivity contribution is 5.95. The Morgan fingerprint density at radius 1 is 1.06 bits per heavy atom. The standard InChI is InChI=1S/C27H33N3O2/c1-18-14-15-22-23(29(18)27(31)32-3)16-17-24-25(22)28-26(19(2)20-10-6-4-7-11-20)30(24)21-12-8-5-9-13-21/h4,6-7,10-11,16-19,21H,5,8-9,12-15H2,1-3H3/t18-,19?/m0/s1. The van der Waals surface area contributed by atoms with Crippen molar-refractivity contribution in [3.05, 3.63) is 59.4 Å². The molecule has 2 aliphatic rings. The monoisotopic (exact) mass is 431 g/mol. The Balaban J connectivity index is 1.70. The van der Waals surface area contributed by atoms with E-state index in [1.165, 1.54) is 55.9 Å². The number of hydrogen-bond acceptors (Lipinski definition) is 3. The Hall–Kier alpha value is -2.82. The van der Waals surface area contributed by atoms with Crippen molar-refractivity contribution in [2.75, 3.05) is 12.0 Å². The molecule has 2 heterocycles. The van der Waals surface area contributed by atoms with Crippen molar-refractivity contribution in [3.8, 4) is 0 Å². The summed E-state index contributed by atoms with van der Waals surface area (Å²) in [6.07, 6.45) is 7.87. The van der Waals surface area contributed by atoms with Crippen LogP contribution in [0.3, 0.4) is 0 Å². The number of imidazole rings is 1. The molecule has 1 aliphatic carbocycles. The van der Waals surface area contributed by atoms with E-state index in [1.54, 1.807) is 4.90 Å². The van der Waals surface area contributed by atoms with Crippen LogP contribution in [0.5, 0.6) is 0 Å². The van der Waals surface area contributed by atoms with Gasteiger partial charge in [0.2, 0.25) is 0 Å². The average Bonchev–Trinajstić information content (AvgIpc) is 3.24. The van der Waals surface area contributed by atoms with Crippen LogP contribution in [-0.4, -0.2) is 28.8 Å². The van der Waals surface area contributed by atoms with Crippen LogP contribution in [-0.2, 0) is 11.2 Å². The van der Waals surface area contributed by atoms with E-state index in [-0.39, 0.29) is 18.1 Å². The van der Waals surface area contributed by atoms with Crippen molar-refractivity contribution in [1.82, 2.24) is 9.55 Å². The predicted octanol–water partition coefficient (Wildman–Crippen LogP) is 6.60. The lowest BCUT2D eigenvalue weighted by Crippen LogP contribution is -2.42. The first-order chi connectivity index (χ1) is 15.6. The van der Waals surface area contributed by atoms with Gasteiger partial charge in [-0.1, -0.05) is 56.5 Å². The number of amides is 1. The highest BCUT2D eigenvalue weighted by atomic mass is 16.5. The molecule has 0 spiro atoms. The summed E-state index contributed by atoms with van der Waals surface area (Å²) in [4.78, 5) is 19.7. The molecule has 1 amide bonds. The van der Waals surface area contributed by atoms with Gasteiger partial charge in [0.15, 0.2) is 0 Å². The lowest BCUT2D eigenvalue weighted by atomic mass is 9.93. The Bertz CT molecular complexity index is 1110. The fourth-order valence-corrected chi connectivity index (χ4v) is 5.71. The summed E-state index contributed by atoms with van der Waals surface area (Å²) < 4.78 is 7.65. The third kappa shape index (κ3) is 3.48. The van der Waals surface area contributed by atoms with E-state index in [2.05, 4.69) is 60.9 Å². The minimum absolute atomic E-state index is 0.121. The molecule has 0 N–H and O–H groups in total. The Morgan fingerprint density at radius 2 is 1.81 bits per heavy atom. The van der Waals surface area contributed by atoms with Crippen LogP contribution in [0, 0.1) is 0 Å². The van der Waals surface area contributed by atoms with Gasteiger partial charge in [0.05, 0.1) is 23.8 Å². The first-order valence-electron chi connectivity index (χ1n) is 12.1. The van der Waals surface area contributed by atoms with Gasteiger partial charge in [-0.05, 0) is 50.3 Å². The molecule has 5 nitrogen and oxygen atoms in total. The number of ether oxygens (including phenoxy) is 1. The number of benzene rings is 2. The maximum absolute atomic E-state index is 12.6. The zero-order valence-corrected chi connectivity index (χ0v) is 19.4. The van der Waals surface area contributed by atoms with Gasteiger partial charge in [-0.15, -0.1) is 0 Å². The second kappa shape index (κ2) is 8.61. The molecule has 3 aromatic rings. The minimum Gasteiger partial charge on any atom is -0.452 e. The number of methoxy groups -OCH3 is 1. The molecule has 0 saturated heterocycles. The third-order valence-electron chi connectivity index (χ3n) is 7.48. The number of anilines is 1. The zero-order valence-electron chi connectivity index (χ0n) is 19.4. The molecule has 1 aliphatic heterocycles. The summed E-state index contributed by atoms with van der Waals surface area (Å²) in [6, 6.07) is 15.6. The van der Waals surface area contributed by atoms with E-state index < -0.39 is 0 Å². The van der Waals surface area contributed by atoms with Gasteiger partial charge in [-0.2, -0.15) is 0 Å². The summed E-state index contributed by atoms with van der Waals surface area (Å²) in [5.41, 5.74) is 5.70. The molecule has 1 fully saturated rings. The molecule has 1 aromatic heterocycles. The molecule has 0 radical (unpaired) electrons.